The zero-order valence-corrected chi connectivity index (χ0v) is 25.4. The molecule has 0 aliphatic carbocycles. The van der Waals surface area contributed by atoms with Crippen LogP contribution in [-0.2, 0) is 26.9 Å². The van der Waals surface area contributed by atoms with E-state index in [-0.39, 0.29) is 17.6 Å². The van der Waals surface area contributed by atoms with Crippen LogP contribution in [0.1, 0.15) is 90.7 Å². The lowest BCUT2D eigenvalue weighted by atomic mass is 9.82. The molecular weight excluding hydrogens is 484 g/mol. The monoisotopic (exact) mass is 531 g/mol. The van der Waals surface area contributed by atoms with Gasteiger partial charge in [0.2, 0.25) is 9.04 Å². The third-order valence-corrected chi connectivity index (χ3v) is 7.47. The van der Waals surface area contributed by atoms with E-state index in [1.54, 1.807) is 0 Å². The number of amides is 1. The van der Waals surface area contributed by atoms with Gasteiger partial charge in [0, 0.05) is 30.6 Å². The number of fused-ring (bicyclic) bond motifs is 1. The standard InChI is InChI=1S/C29H47N2O5Si/c1-10-33-19-21-12-13-22-23(30-35-25(22)24(21)26(28(2,3)4)36-37(8)9)14-11-20-15-17-31(18-16-20)27(32)34-29(5,6)7/h12-13,20,26H,10-11,14-19H2,1-9H3. The topological polar surface area (TPSA) is 74.0 Å². The summed E-state index contributed by atoms with van der Waals surface area (Å²) in [5.41, 5.74) is 3.45. The van der Waals surface area contributed by atoms with E-state index in [4.69, 9.17) is 18.4 Å². The summed E-state index contributed by atoms with van der Waals surface area (Å²) >= 11 is 0. The highest BCUT2D eigenvalue weighted by Crippen LogP contribution is 2.42. The highest BCUT2D eigenvalue weighted by molar-refractivity contribution is 6.48. The number of ether oxygens (including phenoxy) is 2. The Morgan fingerprint density at radius 2 is 1.84 bits per heavy atom. The highest BCUT2D eigenvalue weighted by Gasteiger charge is 2.34. The number of carbonyl (C=O) groups excluding carboxylic acids is 1. The maximum absolute atomic E-state index is 12.4. The van der Waals surface area contributed by atoms with Gasteiger partial charge < -0.3 is 23.3 Å². The Hall–Kier alpha value is -1.90. The average Bonchev–Trinajstić information content (AvgIpc) is 3.21. The smallest absolute Gasteiger partial charge is 0.410 e. The van der Waals surface area contributed by atoms with E-state index in [1.165, 1.54) is 0 Å². The van der Waals surface area contributed by atoms with Crippen molar-refractivity contribution in [2.24, 2.45) is 11.3 Å². The summed E-state index contributed by atoms with van der Waals surface area (Å²) in [6.07, 6.45) is 3.53. The predicted molar refractivity (Wildman–Crippen MR) is 149 cm³/mol. The number of carbonyl (C=O) groups is 1. The molecule has 3 rings (SSSR count). The fraction of sp³-hybridized carbons (Fsp3) is 0.724. The van der Waals surface area contributed by atoms with Crippen LogP contribution in [0.4, 0.5) is 4.79 Å². The summed E-state index contributed by atoms with van der Waals surface area (Å²) in [7, 11) is -0.945. The van der Waals surface area contributed by atoms with Gasteiger partial charge in [0.25, 0.3) is 0 Å². The van der Waals surface area contributed by atoms with Crippen molar-refractivity contribution in [3.8, 4) is 0 Å². The fourth-order valence-electron chi connectivity index (χ4n) is 4.90. The fourth-order valence-corrected chi connectivity index (χ4v) is 5.84. The first-order valence-electron chi connectivity index (χ1n) is 13.7. The molecule has 0 saturated carbocycles. The summed E-state index contributed by atoms with van der Waals surface area (Å²) in [4.78, 5) is 14.2. The molecule has 0 spiro atoms. The van der Waals surface area contributed by atoms with Crippen LogP contribution >= 0.6 is 0 Å². The zero-order chi connectivity index (χ0) is 27.4. The second-order valence-electron chi connectivity index (χ2n) is 12.5. The summed E-state index contributed by atoms with van der Waals surface area (Å²) in [6, 6.07) is 4.29. The van der Waals surface area contributed by atoms with Gasteiger partial charge in [0.15, 0.2) is 5.58 Å². The Labute approximate surface area is 224 Å². The van der Waals surface area contributed by atoms with Gasteiger partial charge >= 0.3 is 6.09 Å². The highest BCUT2D eigenvalue weighted by atomic mass is 28.3. The molecule has 0 N–H and O–H groups in total. The first kappa shape index (κ1) is 29.6. The Morgan fingerprint density at radius 1 is 1.16 bits per heavy atom. The van der Waals surface area contributed by atoms with Crippen LogP contribution in [0.3, 0.4) is 0 Å². The summed E-state index contributed by atoms with van der Waals surface area (Å²) in [6.45, 7) is 21.4. The van der Waals surface area contributed by atoms with E-state index in [0.717, 1.165) is 66.6 Å². The lowest BCUT2D eigenvalue weighted by Crippen LogP contribution is -2.41. The van der Waals surface area contributed by atoms with Crippen molar-refractivity contribution in [1.82, 2.24) is 10.1 Å². The van der Waals surface area contributed by atoms with Gasteiger partial charge in [-0.3, -0.25) is 0 Å². The summed E-state index contributed by atoms with van der Waals surface area (Å²) in [5.74, 6) is 0.554. The van der Waals surface area contributed by atoms with Gasteiger partial charge in [-0.15, -0.1) is 0 Å². The SMILES string of the molecule is CCOCc1ccc2c(CCC3CCN(C(=O)OC(C)(C)C)CC3)noc2c1C(O[Si](C)C)C(C)(C)C. The van der Waals surface area contributed by atoms with E-state index >= 15 is 0 Å². The molecule has 1 fully saturated rings. The number of aromatic nitrogens is 1. The molecule has 1 aliphatic rings. The van der Waals surface area contributed by atoms with Gasteiger partial charge in [-0.1, -0.05) is 32.0 Å². The molecule has 2 aromatic rings. The van der Waals surface area contributed by atoms with E-state index in [2.05, 4.69) is 51.2 Å². The molecule has 1 aromatic heterocycles. The zero-order valence-electron chi connectivity index (χ0n) is 24.4. The molecule has 1 amide bonds. The van der Waals surface area contributed by atoms with E-state index < -0.39 is 14.6 Å². The number of rotatable bonds is 9. The van der Waals surface area contributed by atoms with E-state index in [0.29, 0.717) is 19.1 Å². The van der Waals surface area contributed by atoms with Crippen LogP contribution in [0, 0.1) is 11.3 Å². The largest absolute Gasteiger partial charge is 0.444 e. The third-order valence-electron chi connectivity index (χ3n) is 6.76. The van der Waals surface area contributed by atoms with Crippen LogP contribution in [-0.4, -0.2) is 50.5 Å². The quantitative estimate of drug-likeness (QED) is 0.316. The number of likely N-dealkylation sites (tertiary alicyclic amines) is 1. The maximum Gasteiger partial charge on any atom is 0.410 e. The Kier molecular flexibility index (Phi) is 9.86. The summed E-state index contributed by atoms with van der Waals surface area (Å²) < 4.78 is 24.0. The molecule has 1 saturated heterocycles. The number of benzene rings is 1. The second kappa shape index (κ2) is 12.3. The minimum absolute atomic E-state index is 0.103. The number of hydrogen-bond donors (Lipinski definition) is 0. The molecule has 8 heteroatoms. The van der Waals surface area contributed by atoms with Crippen LogP contribution in [0.25, 0.3) is 11.0 Å². The molecule has 1 radical (unpaired) electrons. The molecule has 2 heterocycles. The van der Waals surface area contributed by atoms with Crippen LogP contribution in [0.2, 0.25) is 13.1 Å². The molecule has 1 aliphatic heterocycles. The van der Waals surface area contributed by atoms with Crippen molar-refractivity contribution in [2.75, 3.05) is 19.7 Å². The van der Waals surface area contributed by atoms with Crippen molar-refractivity contribution < 1.29 is 23.2 Å². The number of aryl methyl sites for hydroxylation is 1. The Balaban J connectivity index is 1.77. The lowest BCUT2D eigenvalue weighted by Gasteiger charge is -2.34. The van der Waals surface area contributed by atoms with Crippen LogP contribution < -0.4 is 0 Å². The van der Waals surface area contributed by atoms with Crippen molar-refractivity contribution in [3.05, 3.63) is 29.0 Å². The maximum atomic E-state index is 12.4. The van der Waals surface area contributed by atoms with Crippen LogP contribution in [0.15, 0.2) is 16.7 Å². The van der Waals surface area contributed by atoms with Crippen molar-refractivity contribution in [1.29, 1.82) is 0 Å². The third kappa shape index (κ3) is 8.04. The molecular formula is C29H47N2O5Si. The normalized spacial score (nSPS) is 16.5. The van der Waals surface area contributed by atoms with Gasteiger partial charge in [-0.25, -0.2) is 4.79 Å². The van der Waals surface area contributed by atoms with Crippen LogP contribution in [0.5, 0.6) is 0 Å². The molecule has 1 aromatic carbocycles. The molecule has 37 heavy (non-hydrogen) atoms. The first-order valence-corrected chi connectivity index (χ1v) is 16.1. The minimum Gasteiger partial charge on any atom is -0.444 e. The molecule has 207 valence electrons. The number of nitrogens with zero attached hydrogens (tertiary/aromatic N) is 2. The first-order chi connectivity index (χ1) is 17.3. The van der Waals surface area contributed by atoms with E-state index in [9.17, 15) is 4.79 Å². The van der Waals surface area contributed by atoms with Crippen molar-refractivity contribution in [3.63, 3.8) is 0 Å². The van der Waals surface area contributed by atoms with Crippen molar-refractivity contribution >= 4 is 26.1 Å². The number of piperidine rings is 1. The molecule has 1 atom stereocenters. The second-order valence-corrected chi connectivity index (χ2v) is 14.6. The summed E-state index contributed by atoms with van der Waals surface area (Å²) in [5, 5.41) is 5.61. The van der Waals surface area contributed by atoms with Gasteiger partial charge in [-0.2, -0.15) is 0 Å². The average molecular weight is 532 g/mol. The lowest BCUT2D eigenvalue weighted by molar-refractivity contribution is 0.0181. The Morgan fingerprint density at radius 3 is 2.41 bits per heavy atom. The molecule has 1 unspecified atom stereocenters. The van der Waals surface area contributed by atoms with Gasteiger partial charge in [-0.05, 0) is 89.4 Å². The molecule has 7 nitrogen and oxygen atoms in total. The van der Waals surface area contributed by atoms with Crippen molar-refractivity contribution in [2.45, 2.75) is 106 Å². The van der Waals surface area contributed by atoms with Gasteiger partial charge in [0.05, 0.1) is 18.4 Å². The molecule has 0 bridgehead atoms. The van der Waals surface area contributed by atoms with Gasteiger partial charge in [0.1, 0.15) is 5.60 Å². The van der Waals surface area contributed by atoms with E-state index in [1.807, 2.05) is 32.6 Å². The number of hydrogen-bond acceptors (Lipinski definition) is 6. The minimum atomic E-state index is -0.945. The predicted octanol–water partition coefficient (Wildman–Crippen LogP) is 7.30. The Bertz CT molecular complexity index is 1030.